The molecule has 0 atom stereocenters. The first-order chi connectivity index (χ1) is 8.63. The number of aromatic nitrogens is 2. The maximum atomic E-state index is 11.1. The molecule has 1 heterocycles. The van der Waals surface area contributed by atoms with E-state index in [2.05, 4.69) is 9.97 Å². The molecule has 0 amide bonds. The molecule has 0 aliphatic rings. The second-order valence-electron chi connectivity index (χ2n) is 3.62. The highest BCUT2D eigenvalue weighted by Crippen LogP contribution is 2.28. The molecule has 0 unspecified atom stereocenters. The first-order valence-electron chi connectivity index (χ1n) is 5.20. The van der Waals surface area contributed by atoms with E-state index in [1.165, 1.54) is 0 Å². The van der Waals surface area contributed by atoms with Gasteiger partial charge in [0.1, 0.15) is 5.15 Å². The van der Waals surface area contributed by atoms with Crippen LogP contribution in [0, 0.1) is 0 Å². The lowest BCUT2D eigenvalue weighted by Crippen LogP contribution is -2.15. The minimum Gasteiger partial charge on any atom is -0.368 e. The third-order valence-corrected chi connectivity index (χ3v) is 2.76. The van der Waals surface area contributed by atoms with E-state index in [4.69, 9.17) is 17.3 Å². The highest BCUT2D eigenvalue weighted by Gasteiger charge is 2.16. The first kappa shape index (κ1) is 12.3. The molecule has 0 fully saturated rings. The van der Waals surface area contributed by atoms with Gasteiger partial charge in [-0.15, -0.1) is 0 Å². The molecule has 0 radical (unpaired) electrons. The second-order valence-corrected chi connectivity index (χ2v) is 3.98. The van der Waals surface area contributed by atoms with E-state index >= 15 is 0 Å². The third-order valence-electron chi connectivity index (χ3n) is 2.48. The zero-order chi connectivity index (χ0) is 13.1. The van der Waals surface area contributed by atoms with Crippen molar-refractivity contribution >= 4 is 35.3 Å². The number of carbonyl (C=O) groups is 1. The van der Waals surface area contributed by atoms with E-state index < -0.39 is 0 Å². The summed E-state index contributed by atoms with van der Waals surface area (Å²) in [4.78, 5) is 20.6. The van der Waals surface area contributed by atoms with E-state index in [9.17, 15) is 4.79 Å². The van der Waals surface area contributed by atoms with Crippen molar-refractivity contribution in [2.75, 3.05) is 17.7 Å². The zero-order valence-electron chi connectivity index (χ0n) is 9.67. The molecule has 0 bridgehead atoms. The fourth-order valence-corrected chi connectivity index (χ4v) is 1.79. The fourth-order valence-electron chi connectivity index (χ4n) is 1.58. The van der Waals surface area contributed by atoms with Gasteiger partial charge in [-0.2, -0.15) is 4.98 Å². The lowest BCUT2D eigenvalue weighted by molar-refractivity contribution is 0.112. The summed E-state index contributed by atoms with van der Waals surface area (Å²) in [5.74, 6) is 0.414. The Morgan fingerprint density at radius 1 is 1.28 bits per heavy atom. The van der Waals surface area contributed by atoms with Crippen molar-refractivity contribution in [3.8, 4) is 0 Å². The predicted molar refractivity (Wildman–Crippen MR) is 71.3 cm³/mol. The number of halogens is 1. The van der Waals surface area contributed by atoms with E-state index in [1.54, 1.807) is 11.9 Å². The molecular formula is C12H11ClN4O. The van der Waals surface area contributed by atoms with Crippen LogP contribution in [-0.4, -0.2) is 23.3 Å². The van der Waals surface area contributed by atoms with Gasteiger partial charge in [0.05, 0.1) is 5.56 Å². The summed E-state index contributed by atoms with van der Waals surface area (Å²) in [6.45, 7) is 0. The monoisotopic (exact) mass is 262 g/mol. The Bertz CT molecular complexity index is 574. The molecule has 2 rings (SSSR count). The van der Waals surface area contributed by atoms with Crippen LogP contribution in [-0.2, 0) is 0 Å². The minimum absolute atomic E-state index is 0.0309. The molecule has 2 aromatic rings. The van der Waals surface area contributed by atoms with Gasteiger partial charge in [0.15, 0.2) is 12.1 Å². The van der Waals surface area contributed by atoms with E-state index in [0.717, 1.165) is 5.69 Å². The molecular weight excluding hydrogens is 252 g/mol. The standard InChI is InChI=1S/C12H11ClN4O/c1-17(8-5-3-2-4-6-8)11-9(7-18)10(13)15-12(14)16-11/h2-7H,1H3,(H2,14,15,16). The van der Waals surface area contributed by atoms with Crippen LogP contribution in [0.5, 0.6) is 0 Å². The molecule has 92 valence electrons. The molecule has 6 heteroatoms. The topological polar surface area (TPSA) is 72.1 Å². The number of nitrogens with two attached hydrogens (primary N) is 1. The fraction of sp³-hybridized carbons (Fsp3) is 0.0833. The molecule has 2 N–H and O–H groups in total. The van der Waals surface area contributed by atoms with Gasteiger partial charge in [-0.05, 0) is 12.1 Å². The van der Waals surface area contributed by atoms with Crippen molar-refractivity contribution in [1.29, 1.82) is 0 Å². The van der Waals surface area contributed by atoms with Crippen LogP contribution in [0.1, 0.15) is 10.4 Å². The first-order valence-corrected chi connectivity index (χ1v) is 5.58. The van der Waals surface area contributed by atoms with E-state index in [0.29, 0.717) is 12.1 Å². The van der Waals surface area contributed by atoms with Crippen LogP contribution in [0.4, 0.5) is 17.5 Å². The van der Waals surface area contributed by atoms with Gasteiger partial charge in [0, 0.05) is 12.7 Å². The average Bonchev–Trinajstić information content (AvgIpc) is 2.38. The maximum Gasteiger partial charge on any atom is 0.223 e. The minimum atomic E-state index is 0.0309. The number of hydrogen-bond acceptors (Lipinski definition) is 5. The zero-order valence-corrected chi connectivity index (χ0v) is 10.4. The van der Waals surface area contributed by atoms with Crippen molar-refractivity contribution in [3.63, 3.8) is 0 Å². The summed E-state index contributed by atoms with van der Waals surface area (Å²) >= 11 is 5.88. The number of aldehydes is 1. The third kappa shape index (κ3) is 2.26. The number of carbonyl (C=O) groups excluding carboxylic acids is 1. The molecule has 0 aliphatic carbocycles. The van der Waals surface area contributed by atoms with Crippen LogP contribution in [0.15, 0.2) is 30.3 Å². The Morgan fingerprint density at radius 2 is 1.94 bits per heavy atom. The van der Waals surface area contributed by atoms with Crippen LogP contribution in [0.25, 0.3) is 0 Å². The van der Waals surface area contributed by atoms with Gasteiger partial charge in [0.25, 0.3) is 0 Å². The van der Waals surface area contributed by atoms with Crippen LogP contribution < -0.4 is 10.6 Å². The van der Waals surface area contributed by atoms with Gasteiger partial charge in [-0.1, -0.05) is 29.8 Å². The average molecular weight is 263 g/mol. The summed E-state index contributed by atoms with van der Waals surface area (Å²) in [5, 5.41) is 0.0512. The lowest BCUT2D eigenvalue weighted by atomic mass is 10.2. The van der Waals surface area contributed by atoms with Crippen LogP contribution in [0.3, 0.4) is 0 Å². The Labute approximate surface area is 109 Å². The SMILES string of the molecule is CN(c1ccccc1)c1nc(N)nc(Cl)c1C=O. The Kier molecular flexibility index (Phi) is 3.43. The number of anilines is 3. The predicted octanol–water partition coefficient (Wildman–Crippen LogP) is 2.29. The maximum absolute atomic E-state index is 11.1. The van der Waals surface area contributed by atoms with Crippen molar-refractivity contribution in [3.05, 3.63) is 41.0 Å². The molecule has 0 aliphatic heterocycles. The largest absolute Gasteiger partial charge is 0.368 e. The quantitative estimate of drug-likeness (QED) is 0.679. The molecule has 0 spiro atoms. The summed E-state index contributed by atoms with van der Waals surface area (Å²) in [6, 6.07) is 9.46. The summed E-state index contributed by atoms with van der Waals surface area (Å²) < 4.78 is 0. The molecule has 1 aromatic heterocycles. The van der Waals surface area contributed by atoms with Gasteiger partial charge in [0.2, 0.25) is 5.95 Å². The number of hydrogen-bond donors (Lipinski definition) is 1. The molecule has 18 heavy (non-hydrogen) atoms. The summed E-state index contributed by atoms with van der Waals surface area (Å²) in [7, 11) is 1.78. The van der Waals surface area contributed by atoms with Gasteiger partial charge in [-0.25, -0.2) is 4.98 Å². The summed E-state index contributed by atoms with van der Waals surface area (Å²) in [5.41, 5.74) is 6.64. The van der Waals surface area contributed by atoms with Crippen molar-refractivity contribution < 1.29 is 4.79 Å². The van der Waals surface area contributed by atoms with Gasteiger partial charge >= 0.3 is 0 Å². The van der Waals surface area contributed by atoms with Gasteiger partial charge in [-0.3, -0.25) is 4.79 Å². The number of benzene rings is 1. The number of para-hydroxylation sites is 1. The molecule has 1 aromatic carbocycles. The Hall–Kier alpha value is -2.14. The smallest absolute Gasteiger partial charge is 0.223 e. The van der Waals surface area contributed by atoms with Crippen molar-refractivity contribution in [2.45, 2.75) is 0 Å². The Morgan fingerprint density at radius 3 is 2.56 bits per heavy atom. The van der Waals surface area contributed by atoms with Gasteiger partial charge < -0.3 is 10.6 Å². The van der Waals surface area contributed by atoms with E-state index in [1.807, 2.05) is 30.3 Å². The van der Waals surface area contributed by atoms with Crippen LogP contribution >= 0.6 is 11.6 Å². The highest BCUT2D eigenvalue weighted by atomic mass is 35.5. The van der Waals surface area contributed by atoms with Crippen LogP contribution in [0.2, 0.25) is 5.15 Å². The molecule has 5 nitrogen and oxygen atoms in total. The Balaban J connectivity index is 2.54. The number of rotatable bonds is 3. The lowest BCUT2D eigenvalue weighted by Gasteiger charge is -2.20. The molecule has 0 saturated carbocycles. The number of nitrogen functional groups attached to an aromatic ring is 1. The number of nitrogens with zero attached hydrogens (tertiary/aromatic N) is 3. The molecule has 0 saturated heterocycles. The van der Waals surface area contributed by atoms with Crippen molar-refractivity contribution in [1.82, 2.24) is 9.97 Å². The van der Waals surface area contributed by atoms with E-state index in [-0.39, 0.29) is 16.7 Å². The highest BCUT2D eigenvalue weighted by molar-refractivity contribution is 6.32. The normalized spacial score (nSPS) is 10.1. The van der Waals surface area contributed by atoms with Crippen molar-refractivity contribution in [2.24, 2.45) is 0 Å². The second kappa shape index (κ2) is 5.01. The summed E-state index contributed by atoms with van der Waals surface area (Å²) in [6.07, 6.45) is 0.622.